The third-order valence-corrected chi connectivity index (χ3v) is 4.10. The normalized spacial score (nSPS) is 12.6. The van der Waals surface area contributed by atoms with E-state index in [0.29, 0.717) is 6.61 Å². The van der Waals surface area contributed by atoms with Gasteiger partial charge in [-0.15, -0.1) is 0 Å². The van der Waals surface area contributed by atoms with Gasteiger partial charge in [-0.1, -0.05) is 12.1 Å². The predicted molar refractivity (Wildman–Crippen MR) is 95.6 cm³/mol. The zero-order valence-electron chi connectivity index (χ0n) is 15.3. The van der Waals surface area contributed by atoms with Crippen molar-refractivity contribution >= 4 is 0 Å². The van der Waals surface area contributed by atoms with Gasteiger partial charge in [-0.3, -0.25) is 4.90 Å². The lowest BCUT2D eigenvalue weighted by atomic mass is 10.1. The molecule has 0 saturated heterocycles. The van der Waals surface area contributed by atoms with Crippen LogP contribution in [0.15, 0.2) is 41.0 Å². The van der Waals surface area contributed by atoms with Gasteiger partial charge in [0.2, 0.25) is 0 Å². The van der Waals surface area contributed by atoms with Crippen molar-refractivity contribution in [1.82, 2.24) is 9.80 Å². The van der Waals surface area contributed by atoms with E-state index in [1.807, 2.05) is 38.4 Å². The summed E-state index contributed by atoms with van der Waals surface area (Å²) in [6.07, 6.45) is 1.71. The van der Waals surface area contributed by atoms with Gasteiger partial charge in [-0.2, -0.15) is 0 Å². The standard InChI is InChI=1S/C19H28N2O3/c1-15(17-10-7-12-23-17)21(4)14-16-8-6-9-18(22-5)19(16)24-13-11-20(2)3/h6-10,12,15H,11,13-14H2,1-5H3. The Morgan fingerprint density at radius 2 is 1.92 bits per heavy atom. The average molecular weight is 332 g/mol. The fourth-order valence-corrected chi connectivity index (χ4v) is 2.49. The highest BCUT2D eigenvalue weighted by atomic mass is 16.5. The summed E-state index contributed by atoms with van der Waals surface area (Å²) < 4.78 is 17.0. The summed E-state index contributed by atoms with van der Waals surface area (Å²) >= 11 is 0. The number of methoxy groups -OCH3 is 1. The molecule has 132 valence electrons. The second-order valence-corrected chi connectivity index (χ2v) is 6.21. The summed E-state index contributed by atoms with van der Waals surface area (Å²) in [4.78, 5) is 4.33. The lowest BCUT2D eigenvalue weighted by Crippen LogP contribution is -2.23. The largest absolute Gasteiger partial charge is 0.493 e. The van der Waals surface area contributed by atoms with Gasteiger partial charge in [0, 0.05) is 18.7 Å². The van der Waals surface area contributed by atoms with Gasteiger partial charge in [-0.05, 0) is 46.3 Å². The Kier molecular flexibility index (Phi) is 6.70. The molecule has 1 atom stereocenters. The van der Waals surface area contributed by atoms with Crippen molar-refractivity contribution in [2.45, 2.75) is 19.5 Å². The molecule has 24 heavy (non-hydrogen) atoms. The van der Waals surface area contributed by atoms with Crippen LogP contribution in [0.1, 0.15) is 24.3 Å². The summed E-state index contributed by atoms with van der Waals surface area (Å²) in [7, 11) is 7.82. The van der Waals surface area contributed by atoms with E-state index < -0.39 is 0 Å². The molecule has 5 heteroatoms. The Morgan fingerprint density at radius 3 is 2.54 bits per heavy atom. The topological polar surface area (TPSA) is 38.1 Å². The Labute approximate surface area is 144 Å². The summed E-state index contributed by atoms with van der Waals surface area (Å²) in [5, 5.41) is 0. The van der Waals surface area contributed by atoms with Crippen molar-refractivity contribution in [2.75, 3.05) is 41.4 Å². The number of hydrogen-bond donors (Lipinski definition) is 0. The Morgan fingerprint density at radius 1 is 1.12 bits per heavy atom. The van der Waals surface area contributed by atoms with Crippen LogP contribution in [-0.4, -0.2) is 51.2 Å². The van der Waals surface area contributed by atoms with Crippen molar-refractivity contribution < 1.29 is 13.9 Å². The molecule has 2 rings (SSSR count). The lowest BCUT2D eigenvalue weighted by Gasteiger charge is -2.25. The van der Waals surface area contributed by atoms with Gasteiger partial charge in [0.25, 0.3) is 0 Å². The first kappa shape index (κ1) is 18.4. The third-order valence-electron chi connectivity index (χ3n) is 4.10. The quantitative estimate of drug-likeness (QED) is 0.703. The average Bonchev–Trinajstić information content (AvgIpc) is 3.09. The smallest absolute Gasteiger partial charge is 0.165 e. The number of rotatable bonds is 9. The molecule has 0 fully saturated rings. The number of furan rings is 1. The molecule has 1 unspecified atom stereocenters. The first-order chi connectivity index (χ1) is 11.5. The van der Waals surface area contributed by atoms with Crippen LogP contribution in [0.2, 0.25) is 0 Å². The molecule has 0 spiro atoms. The zero-order valence-corrected chi connectivity index (χ0v) is 15.3. The minimum atomic E-state index is 0.181. The van der Waals surface area contributed by atoms with Gasteiger partial charge in [0.1, 0.15) is 12.4 Å². The molecule has 5 nitrogen and oxygen atoms in total. The highest BCUT2D eigenvalue weighted by Gasteiger charge is 2.18. The van der Waals surface area contributed by atoms with E-state index in [0.717, 1.165) is 35.9 Å². The van der Waals surface area contributed by atoms with Crippen LogP contribution >= 0.6 is 0 Å². The first-order valence-corrected chi connectivity index (χ1v) is 8.20. The first-order valence-electron chi connectivity index (χ1n) is 8.20. The monoisotopic (exact) mass is 332 g/mol. The van der Waals surface area contributed by atoms with Crippen LogP contribution in [0.3, 0.4) is 0 Å². The van der Waals surface area contributed by atoms with Crippen LogP contribution in [0.5, 0.6) is 11.5 Å². The predicted octanol–water partition coefficient (Wildman–Crippen LogP) is 3.42. The summed E-state index contributed by atoms with van der Waals surface area (Å²) in [6, 6.07) is 10.1. The third kappa shape index (κ3) is 4.76. The second kappa shape index (κ2) is 8.76. The van der Waals surface area contributed by atoms with Crippen LogP contribution < -0.4 is 9.47 Å². The van der Waals surface area contributed by atoms with Gasteiger partial charge >= 0.3 is 0 Å². The fraction of sp³-hybridized carbons (Fsp3) is 0.474. The van der Waals surface area contributed by atoms with Crippen LogP contribution in [0.4, 0.5) is 0 Å². The molecule has 0 aliphatic carbocycles. The molecule has 0 amide bonds. The SMILES string of the molecule is COc1cccc(CN(C)C(C)c2ccco2)c1OCCN(C)C. The van der Waals surface area contributed by atoms with Gasteiger partial charge < -0.3 is 18.8 Å². The van der Waals surface area contributed by atoms with Crippen molar-refractivity contribution in [1.29, 1.82) is 0 Å². The van der Waals surface area contributed by atoms with E-state index in [2.05, 4.69) is 29.8 Å². The van der Waals surface area contributed by atoms with Crippen molar-refractivity contribution in [3.05, 3.63) is 47.9 Å². The second-order valence-electron chi connectivity index (χ2n) is 6.21. The minimum absolute atomic E-state index is 0.181. The number of nitrogens with zero attached hydrogens (tertiary/aromatic N) is 2. The van der Waals surface area contributed by atoms with Crippen molar-refractivity contribution in [2.24, 2.45) is 0 Å². The molecule has 0 bridgehead atoms. The minimum Gasteiger partial charge on any atom is -0.493 e. The Balaban J connectivity index is 2.13. The summed E-state index contributed by atoms with van der Waals surface area (Å²) in [6.45, 7) is 4.36. The maximum absolute atomic E-state index is 6.02. The molecule has 2 aromatic rings. The lowest BCUT2D eigenvalue weighted by molar-refractivity contribution is 0.212. The molecule has 1 aromatic heterocycles. The van der Waals surface area contributed by atoms with Gasteiger partial charge in [0.15, 0.2) is 11.5 Å². The van der Waals surface area contributed by atoms with E-state index in [4.69, 9.17) is 13.9 Å². The van der Waals surface area contributed by atoms with E-state index in [1.54, 1.807) is 13.4 Å². The molecule has 0 aliphatic rings. The van der Waals surface area contributed by atoms with E-state index >= 15 is 0 Å². The summed E-state index contributed by atoms with van der Waals surface area (Å²) in [5.41, 5.74) is 1.11. The van der Waals surface area contributed by atoms with Crippen LogP contribution in [0.25, 0.3) is 0 Å². The van der Waals surface area contributed by atoms with Gasteiger partial charge in [0.05, 0.1) is 19.4 Å². The van der Waals surface area contributed by atoms with Crippen LogP contribution in [0, 0.1) is 0 Å². The number of hydrogen-bond acceptors (Lipinski definition) is 5. The maximum Gasteiger partial charge on any atom is 0.165 e. The summed E-state index contributed by atoms with van der Waals surface area (Å²) in [5.74, 6) is 2.54. The van der Waals surface area contributed by atoms with Gasteiger partial charge in [-0.25, -0.2) is 0 Å². The Hall–Kier alpha value is -1.98. The van der Waals surface area contributed by atoms with Crippen LogP contribution in [-0.2, 0) is 6.54 Å². The number of likely N-dealkylation sites (N-methyl/N-ethyl adjacent to an activating group) is 1. The van der Waals surface area contributed by atoms with Crippen molar-refractivity contribution in [3.8, 4) is 11.5 Å². The van der Waals surface area contributed by atoms with Crippen molar-refractivity contribution in [3.63, 3.8) is 0 Å². The molecule has 0 N–H and O–H groups in total. The zero-order chi connectivity index (χ0) is 17.5. The molecule has 0 saturated carbocycles. The number of para-hydroxylation sites is 1. The molecule has 0 aliphatic heterocycles. The highest BCUT2D eigenvalue weighted by molar-refractivity contribution is 5.46. The molecule has 1 aromatic carbocycles. The number of benzene rings is 1. The molecule has 0 radical (unpaired) electrons. The molecule has 1 heterocycles. The number of ether oxygens (including phenoxy) is 2. The fourth-order valence-electron chi connectivity index (χ4n) is 2.49. The Bertz CT molecular complexity index is 611. The van der Waals surface area contributed by atoms with E-state index in [1.165, 1.54) is 0 Å². The molecular weight excluding hydrogens is 304 g/mol. The van der Waals surface area contributed by atoms with E-state index in [-0.39, 0.29) is 6.04 Å². The van der Waals surface area contributed by atoms with E-state index in [9.17, 15) is 0 Å². The molecular formula is C19H28N2O3. The maximum atomic E-state index is 6.02. The highest BCUT2D eigenvalue weighted by Crippen LogP contribution is 2.33.